The summed E-state index contributed by atoms with van der Waals surface area (Å²) in [6.45, 7) is 3.83. The van der Waals surface area contributed by atoms with E-state index in [0.717, 1.165) is 0 Å². The van der Waals surface area contributed by atoms with Crippen LogP contribution >= 0.6 is 15.9 Å². The molecule has 2 aromatic carbocycles. The summed E-state index contributed by atoms with van der Waals surface area (Å²) in [6, 6.07) is 9.45. The number of nitrogen functional groups attached to an aromatic ring is 1. The Labute approximate surface area is 125 Å². The first kappa shape index (κ1) is 14.7. The van der Waals surface area contributed by atoms with Gasteiger partial charge in [-0.2, -0.15) is 0 Å². The smallest absolute Gasteiger partial charge is 0.146 e. The minimum Gasteiger partial charge on any atom is -0.489 e. The van der Waals surface area contributed by atoms with E-state index in [0.29, 0.717) is 27.4 Å². The lowest BCUT2D eigenvalue weighted by atomic mass is 10.2. The quantitative estimate of drug-likeness (QED) is 0.817. The predicted octanol–water partition coefficient (Wildman–Crippen LogP) is 4.75. The van der Waals surface area contributed by atoms with E-state index in [1.165, 1.54) is 12.1 Å². The fourth-order valence-electron chi connectivity index (χ4n) is 1.66. The minimum absolute atomic E-state index is 0.0101. The molecule has 0 fully saturated rings. The molecular weight excluding hydrogens is 325 g/mol. The number of rotatable bonds is 4. The van der Waals surface area contributed by atoms with Crippen molar-refractivity contribution in [2.45, 2.75) is 20.0 Å². The molecule has 0 spiro atoms. The normalized spacial score (nSPS) is 10.7. The molecule has 0 unspecified atom stereocenters. The van der Waals surface area contributed by atoms with Crippen molar-refractivity contribution in [1.82, 2.24) is 0 Å². The summed E-state index contributed by atoms with van der Waals surface area (Å²) in [5.74, 6) is 1.11. The van der Waals surface area contributed by atoms with Crippen LogP contribution in [0.1, 0.15) is 13.8 Å². The lowest BCUT2D eigenvalue weighted by Crippen LogP contribution is -2.07. The van der Waals surface area contributed by atoms with Gasteiger partial charge in [-0.25, -0.2) is 4.39 Å². The molecule has 106 valence electrons. The molecule has 5 heteroatoms. The second-order valence-electron chi connectivity index (χ2n) is 4.57. The maximum Gasteiger partial charge on any atom is 0.146 e. The van der Waals surface area contributed by atoms with Gasteiger partial charge in [-0.1, -0.05) is 15.9 Å². The van der Waals surface area contributed by atoms with Crippen molar-refractivity contribution in [3.63, 3.8) is 0 Å². The highest BCUT2D eigenvalue weighted by Crippen LogP contribution is 2.31. The SMILES string of the molecule is CC(C)Oc1cc(Oc2cc(F)cc(Br)c2)ccc1N. The zero-order valence-electron chi connectivity index (χ0n) is 11.2. The monoisotopic (exact) mass is 339 g/mol. The van der Waals surface area contributed by atoms with E-state index in [1.807, 2.05) is 13.8 Å². The van der Waals surface area contributed by atoms with E-state index in [1.54, 1.807) is 24.3 Å². The third-order valence-corrected chi connectivity index (χ3v) is 2.88. The topological polar surface area (TPSA) is 44.5 Å². The Hall–Kier alpha value is -1.75. The molecule has 0 aliphatic rings. The molecule has 0 radical (unpaired) electrons. The first-order valence-corrected chi connectivity index (χ1v) is 6.93. The van der Waals surface area contributed by atoms with E-state index in [2.05, 4.69) is 15.9 Å². The van der Waals surface area contributed by atoms with E-state index in [-0.39, 0.29) is 11.9 Å². The summed E-state index contributed by atoms with van der Waals surface area (Å²) in [4.78, 5) is 0. The second kappa shape index (κ2) is 6.13. The maximum atomic E-state index is 13.3. The van der Waals surface area contributed by atoms with Crippen molar-refractivity contribution in [3.05, 3.63) is 46.7 Å². The highest BCUT2D eigenvalue weighted by atomic mass is 79.9. The summed E-state index contributed by atoms with van der Waals surface area (Å²) >= 11 is 3.22. The maximum absolute atomic E-state index is 13.3. The molecule has 2 N–H and O–H groups in total. The number of anilines is 1. The fraction of sp³-hybridized carbons (Fsp3) is 0.200. The van der Waals surface area contributed by atoms with Crippen LogP contribution < -0.4 is 15.2 Å². The third kappa shape index (κ3) is 3.87. The highest BCUT2D eigenvalue weighted by Gasteiger charge is 2.07. The molecule has 0 amide bonds. The van der Waals surface area contributed by atoms with E-state index in [4.69, 9.17) is 15.2 Å². The standard InChI is InChI=1S/C15H15BrFNO2/c1-9(2)19-15-8-12(3-4-14(15)18)20-13-6-10(16)5-11(17)7-13/h3-9H,18H2,1-2H3. The molecule has 0 atom stereocenters. The Balaban J connectivity index is 2.25. The predicted molar refractivity (Wildman–Crippen MR) is 80.8 cm³/mol. The molecule has 20 heavy (non-hydrogen) atoms. The van der Waals surface area contributed by atoms with Gasteiger partial charge >= 0.3 is 0 Å². The van der Waals surface area contributed by atoms with Crippen LogP contribution in [0.15, 0.2) is 40.9 Å². The number of nitrogens with two attached hydrogens (primary N) is 1. The van der Waals surface area contributed by atoms with Crippen LogP contribution in [-0.4, -0.2) is 6.10 Å². The molecular formula is C15H15BrFNO2. The van der Waals surface area contributed by atoms with Crippen LogP contribution in [0.25, 0.3) is 0 Å². The lowest BCUT2D eigenvalue weighted by Gasteiger charge is -2.14. The average Bonchev–Trinajstić information content (AvgIpc) is 2.31. The van der Waals surface area contributed by atoms with Gasteiger partial charge in [0.25, 0.3) is 0 Å². The van der Waals surface area contributed by atoms with Crippen molar-refractivity contribution in [1.29, 1.82) is 0 Å². The van der Waals surface area contributed by atoms with Gasteiger partial charge in [0, 0.05) is 16.6 Å². The van der Waals surface area contributed by atoms with Crippen molar-refractivity contribution < 1.29 is 13.9 Å². The number of hydrogen-bond acceptors (Lipinski definition) is 3. The molecule has 0 saturated heterocycles. The molecule has 0 aliphatic heterocycles. The molecule has 0 heterocycles. The van der Waals surface area contributed by atoms with Crippen LogP contribution in [0.2, 0.25) is 0 Å². The molecule has 0 saturated carbocycles. The Bertz CT molecular complexity index is 597. The molecule has 2 aromatic rings. The molecule has 0 aliphatic carbocycles. The molecule has 3 nitrogen and oxygen atoms in total. The van der Waals surface area contributed by atoms with Crippen LogP contribution in [-0.2, 0) is 0 Å². The second-order valence-corrected chi connectivity index (χ2v) is 5.49. The van der Waals surface area contributed by atoms with Crippen LogP contribution in [0, 0.1) is 5.82 Å². The van der Waals surface area contributed by atoms with Crippen LogP contribution in [0.5, 0.6) is 17.2 Å². The minimum atomic E-state index is -0.372. The lowest BCUT2D eigenvalue weighted by molar-refractivity contribution is 0.243. The van der Waals surface area contributed by atoms with Crippen molar-refractivity contribution in [2.75, 3.05) is 5.73 Å². The Morgan fingerprint density at radius 1 is 1.10 bits per heavy atom. The summed E-state index contributed by atoms with van der Waals surface area (Å²) in [5.41, 5.74) is 6.37. The Kier molecular flexibility index (Phi) is 4.49. The summed E-state index contributed by atoms with van der Waals surface area (Å²) in [7, 11) is 0. The summed E-state index contributed by atoms with van der Waals surface area (Å²) in [5, 5.41) is 0. The number of halogens is 2. The number of ether oxygens (including phenoxy) is 2. The van der Waals surface area contributed by atoms with Gasteiger partial charge in [0.05, 0.1) is 11.8 Å². The van der Waals surface area contributed by atoms with Gasteiger partial charge in [0.15, 0.2) is 0 Å². The van der Waals surface area contributed by atoms with Gasteiger partial charge in [0.2, 0.25) is 0 Å². The highest BCUT2D eigenvalue weighted by molar-refractivity contribution is 9.10. The molecule has 0 bridgehead atoms. The Morgan fingerprint density at radius 2 is 1.85 bits per heavy atom. The van der Waals surface area contributed by atoms with Gasteiger partial charge in [-0.05, 0) is 38.1 Å². The average molecular weight is 340 g/mol. The van der Waals surface area contributed by atoms with Crippen molar-refractivity contribution in [2.24, 2.45) is 0 Å². The summed E-state index contributed by atoms with van der Waals surface area (Å²) in [6.07, 6.45) is 0.0101. The third-order valence-electron chi connectivity index (χ3n) is 2.42. The van der Waals surface area contributed by atoms with E-state index in [9.17, 15) is 4.39 Å². The largest absolute Gasteiger partial charge is 0.489 e. The zero-order valence-corrected chi connectivity index (χ0v) is 12.8. The first-order chi connectivity index (χ1) is 9.44. The summed E-state index contributed by atoms with van der Waals surface area (Å²) < 4.78 is 25.1. The van der Waals surface area contributed by atoms with Gasteiger partial charge in [-0.15, -0.1) is 0 Å². The van der Waals surface area contributed by atoms with Crippen molar-refractivity contribution >= 4 is 21.6 Å². The van der Waals surface area contributed by atoms with Gasteiger partial charge in [-0.3, -0.25) is 0 Å². The van der Waals surface area contributed by atoms with Crippen molar-refractivity contribution in [3.8, 4) is 17.2 Å². The number of benzene rings is 2. The first-order valence-electron chi connectivity index (χ1n) is 6.14. The van der Waals surface area contributed by atoms with Crippen LogP contribution in [0.3, 0.4) is 0 Å². The van der Waals surface area contributed by atoms with Gasteiger partial charge in [0.1, 0.15) is 23.1 Å². The number of hydrogen-bond donors (Lipinski definition) is 1. The fourth-order valence-corrected chi connectivity index (χ4v) is 2.10. The van der Waals surface area contributed by atoms with E-state index < -0.39 is 0 Å². The van der Waals surface area contributed by atoms with Gasteiger partial charge < -0.3 is 15.2 Å². The molecule has 2 rings (SSSR count). The Morgan fingerprint density at radius 3 is 2.50 bits per heavy atom. The molecule has 0 aromatic heterocycles. The van der Waals surface area contributed by atoms with Crippen LogP contribution in [0.4, 0.5) is 10.1 Å². The van der Waals surface area contributed by atoms with E-state index >= 15 is 0 Å². The zero-order chi connectivity index (χ0) is 14.7.